The molecule has 0 bridgehead atoms. The van der Waals surface area contributed by atoms with Crippen molar-refractivity contribution in [1.82, 2.24) is 9.88 Å². The van der Waals surface area contributed by atoms with Crippen LogP contribution in [0.2, 0.25) is 5.15 Å². The van der Waals surface area contributed by atoms with E-state index in [4.69, 9.17) is 16.7 Å². The lowest BCUT2D eigenvalue weighted by Crippen LogP contribution is -2.51. The Morgan fingerprint density at radius 1 is 1.60 bits per heavy atom. The SMILES string of the molecule is O=C(c1cccc(Cl)n1)N1CC(CO)C1. The van der Waals surface area contributed by atoms with E-state index in [9.17, 15) is 4.79 Å². The lowest BCUT2D eigenvalue weighted by molar-refractivity contribution is 0.0356. The van der Waals surface area contributed by atoms with Crippen LogP contribution in [-0.4, -0.2) is 40.6 Å². The Kier molecular flexibility index (Phi) is 2.88. The molecule has 0 aliphatic carbocycles. The molecule has 80 valence electrons. The Morgan fingerprint density at radius 3 is 2.93 bits per heavy atom. The molecule has 4 nitrogen and oxygen atoms in total. The van der Waals surface area contributed by atoms with Crippen molar-refractivity contribution in [3.8, 4) is 0 Å². The average Bonchev–Trinajstić information content (AvgIpc) is 2.16. The van der Waals surface area contributed by atoms with E-state index < -0.39 is 0 Å². The number of carbonyl (C=O) groups excluding carboxylic acids is 1. The zero-order valence-electron chi connectivity index (χ0n) is 8.06. The van der Waals surface area contributed by atoms with Gasteiger partial charge in [0.1, 0.15) is 10.8 Å². The predicted molar refractivity (Wildman–Crippen MR) is 55.7 cm³/mol. The monoisotopic (exact) mass is 226 g/mol. The highest BCUT2D eigenvalue weighted by Crippen LogP contribution is 2.17. The highest BCUT2D eigenvalue weighted by atomic mass is 35.5. The first kappa shape index (κ1) is 10.4. The van der Waals surface area contributed by atoms with Crippen LogP contribution in [0.3, 0.4) is 0 Å². The van der Waals surface area contributed by atoms with Crippen molar-refractivity contribution >= 4 is 17.5 Å². The largest absolute Gasteiger partial charge is 0.396 e. The molecule has 2 heterocycles. The Morgan fingerprint density at radius 2 is 2.33 bits per heavy atom. The molecule has 1 amide bonds. The molecule has 0 spiro atoms. The van der Waals surface area contributed by atoms with Gasteiger partial charge in [0, 0.05) is 25.6 Å². The summed E-state index contributed by atoms with van der Waals surface area (Å²) in [6, 6.07) is 4.97. The third-order valence-corrected chi connectivity index (χ3v) is 2.65. The molecular formula is C10H11ClN2O2. The number of likely N-dealkylation sites (tertiary alicyclic amines) is 1. The summed E-state index contributed by atoms with van der Waals surface area (Å²) in [4.78, 5) is 17.4. The summed E-state index contributed by atoms with van der Waals surface area (Å²) in [7, 11) is 0. The molecule has 1 aliphatic rings. The molecule has 0 radical (unpaired) electrons. The van der Waals surface area contributed by atoms with Gasteiger partial charge >= 0.3 is 0 Å². The molecule has 0 saturated carbocycles. The van der Waals surface area contributed by atoms with Crippen molar-refractivity contribution in [1.29, 1.82) is 0 Å². The maximum absolute atomic E-state index is 11.8. The molecule has 15 heavy (non-hydrogen) atoms. The van der Waals surface area contributed by atoms with E-state index in [1.54, 1.807) is 23.1 Å². The summed E-state index contributed by atoms with van der Waals surface area (Å²) < 4.78 is 0. The highest BCUT2D eigenvalue weighted by Gasteiger charge is 2.31. The van der Waals surface area contributed by atoms with Crippen molar-refractivity contribution in [2.24, 2.45) is 5.92 Å². The van der Waals surface area contributed by atoms with Gasteiger partial charge in [-0.2, -0.15) is 0 Å². The van der Waals surface area contributed by atoms with Crippen LogP contribution in [0.15, 0.2) is 18.2 Å². The van der Waals surface area contributed by atoms with E-state index in [0.29, 0.717) is 23.9 Å². The lowest BCUT2D eigenvalue weighted by Gasteiger charge is -2.37. The molecule has 1 N–H and O–H groups in total. The standard InChI is InChI=1S/C10H11ClN2O2/c11-9-3-1-2-8(12-9)10(15)13-4-7(5-13)6-14/h1-3,7,14H,4-6H2. The van der Waals surface area contributed by atoms with E-state index in [1.165, 1.54) is 0 Å². The third kappa shape index (κ3) is 2.11. The number of hydrogen-bond acceptors (Lipinski definition) is 3. The van der Waals surface area contributed by atoms with E-state index in [0.717, 1.165) is 0 Å². The first-order valence-corrected chi connectivity index (χ1v) is 5.11. The van der Waals surface area contributed by atoms with Crippen molar-refractivity contribution in [3.05, 3.63) is 29.0 Å². The summed E-state index contributed by atoms with van der Waals surface area (Å²) in [5, 5.41) is 9.15. The lowest BCUT2D eigenvalue weighted by atomic mass is 10.0. The number of pyridine rings is 1. The first-order chi connectivity index (χ1) is 7.20. The Bertz CT molecular complexity index is 377. The van der Waals surface area contributed by atoms with Gasteiger partial charge in [0.05, 0.1) is 0 Å². The van der Waals surface area contributed by atoms with Crippen LogP contribution >= 0.6 is 11.6 Å². The van der Waals surface area contributed by atoms with Crippen LogP contribution < -0.4 is 0 Å². The number of amides is 1. The maximum atomic E-state index is 11.8. The molecular weight excluding hydrogens is 216 g/mol. The van der Waals surface area contributed by atoms with Gasteiger partial charge in [0.25, 0.3) is 5.91 Å². The molecule has 0 atom stereocenters. The topological polar surface area (TPSA) is 53.4 Å². The Labute approximate surface area is 92.5 Å². The molecule has 1 aromatic heterocycles. The van der Waals surface area contributed by atoms with E-state index in [2.05, 4.69) is 4.98 Å². The van der Waals surface area contributed by atoms with Crippen LogP contribution in [0, 0.1) is 5.92 Å². The fourth-order valence-corrected chi connectivity index (χ4v) is 1.70. The van der Waals surface area contributed by atoms with Gasteiger partial charge in [-0.25, -0.2) is 4.98 Å². The molecule has 2 rings (SSSR count). The number of rotatable bonds is 2. The summed E-state index contributed by atoms with van der Waals surface area (Å²) in [6.07, 6.45) is 0. The van der Waals surface area contributed by atoms with Crippen molar-refractivity contribution < 1.29 is 9.90 Å². The van der Waals surface area contributed by atoms with E-state index >= 15 is 0 Å². The number of aromatic nitrogens is 1. The van der Waals surface area contributed by atoms with Gasteiger partial charge in [-0.1, -0.05) is 17.7 Å². The summed E-state index contributed by atoms with van der Waals surface area (Å²) in [5.41, 5.74) is 0.360. The molecule has 1 saturated heterocycles. The van der Waals surface area contributed by atoms with Gasteiger partial charge in [-0.15, -0.1) is 0 Å². The first-order valence-electron chi connectivity index (χ1n) is 4.73. The van der Waals surface area contributed by atoms with Gasteiger partial charge < -0.3 is 10.0 Å². The zero-order chi connectivity index (χ0) is 10.8. The highest BCUT2D eigenvalue weighted by molar-refractivity contribution is 6.29. The number of aliphatic hydroxyl groups is 1. The number of halogens is 1. The van der Waals surface area contributed by atoms with E-state index in [1.807, 2.05) is 0 Å². The summed E-state index contributed by atoms with van der Waals surface area (Å²) in [6.45, 7) is 1.33. The molecule has 1 aromatic rings. The van der Waals surface area contributed by atoms with Crippen LogP contribution in [0.1, 0.15) is 10.5 Å². The van der Waals surface area contributed by atoms with Gasteiger partial charge in [-0.05, 0) is 12.1 Å². The van der Waals surface area contributed by atoms with Crippen LogP contribution in [0.4, 0.5) is 0 Å². The smallest absolute Gasteiger partial charge is 0.272 e. The minimum atomic E-state index is -0.123. The fraction of sp³-hybridized carbons (Fsp3) is 0.400. The van der Waals surface area contributed by atoms with Crippen LogP contribution in [0.5, 0.6) is 0 Å². The summed E-state index contributed by atoms with van der Waals surface area (Å²) in [5.74, 6) is 0.0929. The second kappa shape index (κ2) is 4.16. The second-order valence-corrected chi connectivity index (χ2v) is 3.99. The number of hydrogen-bond donors (Lipinski definition) is 1. The van der Waals surface area contributed by atoms with Gasteiger partial charge in [0.15, 0.2) is 0 Å². The normalized spacial score (nSPS) is 16.3. The van der Waals surface area contributed by atoms with Crippen molar-refractivity contribution in [2.45, 2.75) is 0 Å². The van der Waals surface area contributed by atoms with Crippen molar-refractivity contribution in [3.63, 3.8) is 0 Å². The fourth-order valence-electron chi connectivity index (χ4n) is 1.54. The molecule has 0 aromatic carbocycles. The number of nitrogens with zero attached hydrogens (tertiary/aromatic N) is 2. The number of aliphatic hydroxyl groups excluding tert-OH is 1. The second-order valence-electron chi connectivity index (χ2n) is 3.60. The molecule has 1 aliphatic heterocycles. The molecule has 5 heteroatoms. The quantitative estimate of drug-likeness (QED) is 0.759. The summed E-state index contributed by atoms with van der Waals surface area (Å²) >= 11 is 5.69. The molecule has 0 unspecified atom stereocenters. The minimum absolute atomic E-state index is 0.123. The predicted octanol–water partition coefficient (Wildman–Crippen LogP) is 0.799. The van der Waals surface area contributed by atoms with Crippen molar-refractivity contribution in [2.75, 3.05) is 19.7 Å². The maximum Gasteiger partial charge on any atom is 0.272 e. The van der Waals surface area contributed by atoms with E-state index in [-0.39, 0.29) is 18.4 Å². The van der Waals surface area contributed by atoms with Gasteiger partial charge in [-0.3, -0.25) is 4.79 Å². The minimum Gasteiger partial charge on any atom is -0.396 e. The third-order valence-electron chi connectivity index (χ3n) is 2.44. The Balaban J connectivity index is 2.03. The molecule has 1 fully saturated rings. The van der Waals surface area contributed by atoms with Crippen LogP contribution in [0.25, 0.3) is 0 Å². The van der Waals surface area contributed by atoms with Gasteiger partial charge in [0.2, 0.25) is 0 Å². The van der Waals surface area contributed by atoms with Crippen LogP contribution in [-0.2, 0) is 0 Å². The number of carbonyl (C=O) groups is 1. The zero-order valence-corrected chi connectivity index (χ0v) is 8.81. The Hall–Kier alpha value is -1.13. The average molecular weight is 227 g/mol.